The molecule has 0 aliphatic carbocycles. The van der Waals surface area contributed by atoms with Gasteiger partial charge in [-0.15, -0.1) is 0 Å². The van der Waals surface area contributed by atoms with Gasteiger partial charge in [0.25, 0.3) is 5.91 Å². The first kappa shape index (κ1) is 26.2. The smallest absolute Gasteiger partial charge is 0.261 e. The minimum atomic E-state index is -0.566. The Kier molecular flexibility index (Phi) is 10.7. The van der Waals surface area contributed by atoms with E-state index in [9.17, 15) is 9.59 Å². The van der Waals surface area contributed by atoms with Crippen molar-refractivity contribution in [3.63, 3.8) is 0 Å². The molecule has 0 fully saturated rings. The summed E-state index contributed by atoms with van der Waals surface area (Å²) in [6.07, 6.45) is 2.42. The van der Waals surface area contributed by atoms with Crippen molar-refractivity contribution >= 4 is 11.8 Å². The Morgan fingerprint density at radius 1 is 0.970 bits per heavy atom. The van der Waals surface area contributed by atoms with Crippen LogP contribution in [0, 0.1) is 0 Å². The van der Waals surface area contributed by atoms with Crippen molar-refractivity contribution in [3.8, 4) is 11.5 Å². The Bertz CT molecular complexity index is 863. The van der Waals surface area contributed by atoms with Gasteiger partial charge in [-0.1, -0.05) is 58.4 Å². The quantitative estimate of drug-likeness (QED) is 0.436. The summed E-state index contributed by atoms with van der Waals surface area (Å²) >= 11 is 0. The number of ether oxygens (including phenoxy) is 2. The Morgan fingerprint density at radius 2 is 1.61 bits per heavy atom. The molecule has 2 aromatic rings. The van der Waals surface area contributed by atoms with E-state index in [0.717, 1.165) is 24.2 Å². The van der Waals surface area contributed by atoms with Gasteiger partial charge < -0.3 is 19.7 Å². The molecule has 2 rings (SSSR count). The van der Waals surface area contributed by atoms with Crippen LogP contribution in [-0.4, -0.2) is 43.0 Å². The minimum Gasteiger partial charge on any atom is -0.497 e. The van der Waals surface area contributed by atoms with E-state index < -0.39 is 6.04 Å². The lowest BCUT2D eigenvalue weighted by molar-refractivity contribution is -0.143. The molecular formula is C27H38N2O4. The number of methoxy groups -OCH3 is 1. The topological polar surface area (TPSA) is 67.9 Å². The van der Waals surface area contributed by atoms with Crippen LogP contribution in [0.5, 0.6) is 11.5 Å². The number of nitrogens with zero attached hydrogens (tertiary/aromatic N) is 1. The monoisotopic (exact) mass is 454 g/mol. The summed E-state index contributed by atoms with van der Waals surface area (Å²) in [4.78, 5) is 27.8. The second-order valence-corrected chi connectivity index (χ2v) is 8.45. The van der Waals surface area contributed by atoms with E-state index in [1.54, 1.807) is 12.0 Å². The molecule has 180 valence electrons. The second kappa shape index (κ2) is 13.5. The maximum Gasteiger partial charge on any atom is 0.261 e. The molecule has 6 heteroatoms. The average molecular weight is 455 g/mol. The first-order valence-electron chi connectivity index (χ1n) is 11.8. The fraction of sp³-hybridized carbons (Fsp3) is 0.481. The number of hydrogen-bond donors (Lipinski definition) is 1. The number of rotatable bonds is 13. The van der Waals surface area contributed by atoms with Crippen LogP contribution in [0.1, 0.15) is 64.0 Å². The van der Waals surface area contributed by atoms with Gasteiger partial charge in [0.15, 0.2) is 6.61 Å². The van der Waals surface area contributed by atoms with E-state index in [0.29, 0.717) is 31.2 Å². The standard InChI is InChI=1S/C27H38N2O4/c1-6-8-17-28-27(31)25(7-2)29(18-21-9-13-23(32-5)14-10-21)26(30)19-33-24-15-11-22(12-16-24)20(3)4/h9-16,20,25H,6-8,17-19H2,1-5H3,(H,28,31)/t25-/m1/s1. The summed E-state index contributed by atoms with van der Waals surface area (Å²) in [5.41, 5.74) is 2.13. The Morgan fingerprint density at radius 3 is 2.15 bits per heavy atom. The van der Waals surface area contributed by atoms with Crippen molar-refractivity contribution in [2.75, 3.05) is 20.3 Å². The lowest BCUT2D eigenvalue weighted by atomic mass is 10.0. The van der Waals surface area contributed by atoms with Crippen LogP contribution in [0.25, 0.3) is 0 Å². The molecule has 0 unspecified atom stereocenters. The number of nitrogens with one attached hydrogen (secondary N) is 1. The normalized spacial score (nSPS) is 11.7. The Hall–Kier alpha value is -3.02. The fourth-order valence-corrected chi connectivity index (χ4v) is 3.53. The number of unbranched alkanes of at least 4 members (excludes halogenated alkanes) is 1. The lowest BCUT2D eigenvalue weighted by Gasteiger charge is -2.30. The molecule has 33 heavy (non-hydrogen) atoms. The summed E-state index contributed by atoms with van der Waals surface area (Å²) in [6, 6.07) is 14.7. The van der Waals surface area contributed by atoms with E-state index in [4.69, 9.17) is 9.47 Å². The summed E-state index contributed by atoms with van der Waals surface area (Å²) in [7, 11) is 1.61. The molecule has 0 saturated carbocycles. The van der Waals surface area contributed by atoms with Crippen LogP contribution in [0.2, 0.25) is 0 Å². The van der Waals surface area contributed by atoms with Crippen LogP contribution in [0.3, 0.4) is 0 Å². The van der Waals surface area contributed by atoms with Crippen LogP contribution in [0.15, 0.2) is 48.5 Å². The summed E-state index contributed by atoms with van der Waals surface area (Å²) < 4.78 is 11.0. The highest BCUT2D eigenvalue weighted by atomic mass is 16.5. The highest BCUT2D eigenvalue weighted by Gasteiger charge is 2.28. The number of benzene rings is 2. The molecule has 2 aromatic carbocycles. The Balaban J connectivity index is 2.15. The lowest BCUT2D eigenvalue weighted by Crippen LogP contribution is -2.50. The van der Waals surface area contributed by atoms with Gasteiger partial charge in [0.05, 0.1) is 7.11 Å². The van der Waals surface area contributed by atoms with Gasteiger partial charge in [0.1, 0.15) is 17.5 Å². The average Bonchev–Trinajstić information content (AvgIpc) is 2.83. The van der Waals surface area contributed by atoms with Crippen LogP contribution < -0.4 is 14.8 Å². The molecule has 0 aliphatic heterocycles. The van der Waals surface area contributed by atoms with Gasteiger partial charge in [-0.2, -0.15) is 0 Å². The largest absolute Gasteiger partial charge is 0.497 e. The SMILES string of the molecule is CCCCNC(=O)[C@@H](CC)N(Cc1ccc(OC)cc1)C(=O)COc1ccc(C(C)C)cc1. The number of hydrogen-bond acceptors (Lipinski definition) is 4. The molecule has 0 aromatic heterocycles. The molecule has 0 bridgehead atoms. The highest BCUT2D eigenvalue weighted by Crippen LogP contribution is 2.20. The molecule has 1 N–H and O–H groups in total. The zero-order valence-corrected chi connectivity index (χ0v) is 20.6. The molecule has 0 radical (unpaired) electrons. The van der Waals surface area contributed by atoms with Crippen molar-refractivity contribution < 1.29 is 19.1 Å². The summed E-state index contributed by atoms with van der Waals surface area (Å²) in [5, 5.41) is 2.97. The van der Waals surface area contributed by atoms with E-state index in [-0.39, 0.29) is 18.4 Å². The van der Waals surface area contributed by atoms with Crippen LogP contribution in [-0.2, 0) is 16.1 Å². The van der Waals surface area contributed by atoms with Gasteiger partial charge in [-0.3, -0.25) is 9.59 Å². The Labute approximate surface area is 198 Å². The zero-order valence-electron chi connectivity index (χ0n) is 20.6. The molecule has 2 amide bonds. The van der Waals surface area contributed by atoms with Crippen molar-refractivity contribution in [1.29, 1.82) is 0 Å². The van der Waals surface area contributed by atoms with Gasteiger partial charge in [0.2, 0.25) is 5.91 Å². The third kappa shape index (κ3) is 8.12. The van der Waals surface area contributed by atoms with Crippen LogP contribution >= 0.6 is 0 Å². The summed E-state index contributed by atoms with van der Waals surface area (Å²) in [5.74, 6) is 1.45. The van der Waals surface area contributed by atoms with Crippen molar-refractivity contribution in [2.45, 2.75) is 65.5 Å². The van der Waals surface area contributed by atoms with E-state index >= 15 is 0 Å². The molecule has 0 spiro atoms. The number of carbonyl (C=O) groups is 2. The van der Waals surface area contributed by atoms with Crippen molar-refractivity contribution in [1.82, 2.24) is 10.2 Å². The molecule has 0 aliphatic rings. The highest BCUT2D eigenvalue weighted by molar-refractivity contribution is 5.88. The van der Waals surface area contributed by atoms with Gasteiger partial charge in [-0.25, -0.2) is 0 Å². The maximum absolute atomic E-state index is 13.3. The van der Waals surface area contributed by atoms with Gasteiger partial charge in [0, 0.05) is 13.1 Å². The first-order valence-corrected chi connectivity index (χ1v) is 11.8. The maximum atomic E-state index is 13.3. The number of carbonyl (C=O) groups excluding carboxylic acids is 2. The minimum absolute atomic E-state index is 0.129. The molecule has 6 nitrogen and oxygen atoms in total. The first-order chi connectivity index (χ1) is 15.9. The van der Waals surface area contributed by atoms with Crippen LogP contribution in [0.4, 0.5) is 0 Å². The molecule has 0 saturated heterocycles. The fourth-order valence-electron chi connectivity index (χ4n) is 3.53. The molecule has 0 heterocycles. The summed E-state index contributed by atoms with van der Waals surface area (Å²) in [6.45, 7) is 9.06. The van der Waals surface area contributed by atoms with E-state index in [1.165, 1.54) is 5.56 Å². The third-order valence-electron chi connectivity index (χ3n) is 5.64. The third-order valence-corrected chi connectivity index (χ3v) is 5.64. The van der Waals surface area contributed by atoms with Crippen molar-refractivity contribution in [3.05, 3.63) is 59.7 Å². The zero-order chi connectivity index (χ0) is 24.2. The predicted molar refractivity (Wildman–Crippen MR) is 132 cm³/mol. The molecular weight excluding hydrogens is 416 g/mol. The molecule has 1 atom stereocenters. The predicted octanol–water partition coefficient (Wildman–Crippen LogP) is 4.92. The van der Waals surface area contributed by atoms with E-state index in [1.807, 2.05) is 55.5 Å². The van der Waals surface area contributed by atoms with Gasteiger partial charge in [-0.05, 0) is 54.2 Å². The van der Waals surface area contributed by atoms with E-state index in [2.05, 4.69) is 26.1 Å². The number of amides is 2. The van der Waals surface area contributed by atoms with Gasteiger partial charge >= 0.3 is 0 Å². The second-order valence-electron chi connectivity index (χ2n) is 8.45. The van der Waals surface area contributed by atoms with Crippen molar-refractivity contribution in [2.24, 2.45) is 0 Å².